The Bertz CT molecular complexity index is 1180. The van der Waals surface area contributed by atoms with Crippen molar-refractivity contribution in [2.75, 3.05) is 0 Å². The molecular weight excluding hydrogens is 416 g/mol. The van der Waals surface area contributed by atoms with Crippen LogP contribution in [0.4, 0.5) is 0 Å². The van der Waals surface area contributed by atoms with E-state index in [0.717, 1.165) is 0 Å². The fourth-order valence-electron chi connectivity index (χ4n) is 4.07. The van der Waals surface area contributed by atoms with Crippen molar-refractivity contribution >= 4 is 23.8 Å². The minimum atomic E-state index is -0.339. The highest BCUT2D eigenvalue weighted by Crippen LogP contribution is 2.32. The number of hydrogen-bond acceptors (Lipinski definition) is 7. The largest absolute Gasteiger partial charge is 0.337 e. The number of rotatable bonds is 4. The third-order valence-corrected chi connectivity index (χ3v) is 5.95. The van der Waals surface area contributed by atoms with Crippen LogP contribution in [-0.2, 0) is 11.3 Å². The number of hydrazone groups is 1. The summed E-state index contributed by atoms with van der Waals surface area (Å²) in [5, 5.41) is 12.0. The molecule has 0 bridgehead atoms. The molecule has 2 aliphatic heterocycles. The van der Waals surface area contributed by atoms with Gasteiger partial charge in [-0.05, 0) is 43.5 Å². The van der Waals surface area contributed by atoms with Crippen LogP contribution in [0.1, 0.15) is 35.0 Å². The van der Waals surface area contributed by atoms with Crippen LogP contribution in [0.3, 0.4) is 0 Å². The number of aryl methyl sites for hydroxylation is 2. The summed E-state index contributed by atoms with van der Waals surface area (Å²) < 4.78 is 5.34. The van der Waals surface area contributed by atoms with Crippen LogP contribution >= 0.6 is 11.6 Å². The van der Waals surface area contributed by atoms with E-state index in [4.69, 9.17) is 16.1 Å². The molecular formula is C22H21ClN6O2. The number of benzene rings is 2. The molecule has 0 saturated carbocycles. The van der Waals surface area contributed by atoms with Crippen molar-refractivity contribution in [3.63, 3.8) is 0 Å². The summed E-state index contributed by atoms with van der Waals surface area (Å²) >= 11 is 6.21. The quantitative estimate of drug-likeness (QED) is 0.672. The van der Waals surface area contributed by atoms with E-state index in [1.54, 1.807) is 17.4 Å². The fraction of sp³-hybridized carbons (Fsp3) is 0.273. The zero-order valence-electron chi connectivity index (χ0n) is 17.1. The standard InChI is InChI=1S/C22H21ClN6O2/c1-13-7-8-15(14(2)9-13)18-10-19-22(30)28(24-12-29(19)26-18)11-20-25-21(27-31-20)16-5-3-4-6-17(16)23/h3-9,12,18-19,26H,10-11H2,1-2H3. The van der Waals surface area contributed by atoms with Gasteiger partial charge in [-0.1, -0.05) is 52.7 Å². The second kappa shape index (κ2) is 7.79. The predicted octanol–water partition coefficient (Wildman–Crippen LogP) is 3.61. The van der Waals surface area contributed by atoms with E-state index >= 15 is 0 Å². The van der Waals surface area contributed by atoms with Crippen molar-refractivity contribution < 1.29 is 9.32 Å². The molecule has 9 heteroatoms. The lowest BCUT2D eigenvalue weighted by atomic mass is 9.96. The van der Waals surface area contributed by atoms with Crippen molar-refractivity contribution in [3.8, 4) is 11.4 Å². The Balaban J connectivity index is 1.30. The summed E-state index contributed by atoms with van der Waals surface area (Å²) in [6, 6.07) is 13.3. The smallest absolute Gasteiger partial charge is 0.267 e. The van der Waals surface area contributed by atoms with Gasteiger partial charge in [0.15, 0.2) is 0 Å². The van der Waals surface area contributed by atoms with E-state index in [1.165, 1.54) is 21.7 Å². The second-order valence-electron chi connectivity index (χ2n) is 7.82. The average Bonchev–Trinajstić information content (AvgIpc) is 3.38. The Hall–Kier alpha value is -3.23. The maximum atomic E-state index is 13.1. The van der Waals surface area contributed by atoms with Gasteiger partial charge in [0.1, 0.15) is 18.9 Å². The van der Waals surface area contributed by atoms with Crippen molar-refractivity contribution in [2.45, 2.75) is 38.9 Å². The molecule has 1 fully saturated rings. The Morgan fingerprint density at radius 1 is 1.23 bits per heavy atom. The van der Waals surface area contributed by atoms with E-state index in [1.807, 2.05) is 18.2 Å². The normalized spacial score (nSPS) is 20.4. The molecule has 2 aliphatic rings. The summed E-state index contributed by atoms with van der Waals surface area (Å²) in [5.74, 6) is 0.568. The van der Waals surface area contributed by atoms with Crippen LogP contribution in [0.25, 0.3) is 11.4 Å². The van der Waals surface area contributed by atoms with E-state index < -0.39 is 0 Å². The molecule has 0 aliphatic carbocycles. The number of fused-ring (bicyclic) bond motifs is 1. The lowest BCUT2D eigenvalue weighted by molar-refractivity contribution is -0.137. The van der Waals surface area contributed by atoms with Crippen molar-refractivity contribution in [2.24, 2.45) is 5.10 Å². The van der Waals surface area contributed by atoms with Gasteiger partial charge in [-0.25, -0.2) is 10.4 Å². The number of amides is 1. The summed E-state index contributed by atoms with van der Waals surface area (Å²) in [6.07, 6.45) is 2.29. The first-order valence-corrected chi connectivity index (χ1v) is 10.4. The van der Waals surface area contributed by atoms with Gasteiger partial charge in [0.05, 0.1) is 11.1 Å². The summed E-state index contributed by atoms with van der Waals surface area (Å²) in [5.41, 5.74) is 7.68. The molecule has 1 aromatic heterocycles. The van der Waals surface area contributed by atoms with E-state index in [9.17, 15) is 4.79 Å². The van der Waals surface area contributed by atoms with Crippen LogP contribution in [0.15, 0.2) is 52.1 Å². The van der Waals surface area contributed by atoms with E-state index in [-0.39, 0.29) is 24.5 Å². The predicted molar refractivity (Wildman–Crippen MR) is 116 cm³/mol. The molecule has 2 aromatic carbocycles. The highest BCUT2D eigenvalue weighted by molar-refractivity contribution is 6.33. The number of nitrogens with zero attached hydrogens (tertiary/aromatic N) is 5. The summed E-state index contributed by atoms with van der Waals surface area (Å²) in [4.78, 5) is 17.5. The SMILES string of the molecule is Cc1ccc(C2CC3C(=O)N(Cc4nc(-c5ccccc5Cl)no4)N=CN3N2)c(C)c1. The highest BCUT2D eigenvalue weighted by Gasteiger charge is 2.41. The van der Waals surface area contributed by atoms with Crippen LogP contribution in [-0.4, -0.2) is 38.4 Å². The Labute approximate surface area is 184 Å². The molecule has 31 heavy (non-hydrogen) atoms. The Morgan fingerprint density at radius 3 is 2.87 bits per heavy atom. The highest BCUT2D eigenvalue weighted by atomic mass is 35.5. The number of hydrogen-bond donors (Lipinski definition) is 1. The summed E-state index contributed by atoms with van der Waals surface area (Å²) in [6.45, 7) is 4.27. The van der Waals surface area contributed by atoms with Gasteiger partial charge in [-0.15, -0.1) is 0 Å². The maximum Gasteiger partial charge on any atom is 0.267 e. The molecule has 3 heterocycles. The first kappa shape index (κ1) is 19.7. The minimum absolute atomic E-state index is 0.0520. The molecule has 3 aromatic rings. The van der Waals surface area contributed by atoms with Crippen molar-refractivity contribution in [3.05, 3.63) is 70.1 Å². The molecule has 8 nitrogen and oxygen atoms in total. The number of aromatic nitrogens is 2. The van der Waals surface area contributed by atoms with Crippen LogP contribution in [0.5, 0.6) is 0 Å². The molecule has 5 rings (SSSR count). The van der Waals surface area contributed by atoms with E-state index in [2.05, 4.69) is 52.7 Å². The van der Waals surface area contributed by atoms with Crippen LogP contribution in [0.2, 0.25) is 5.02 Å². The minimum Gasteiger partial charge on any atom is -0.337 e. The van der Waals surface area contributed by atoms with Crippen molar-refractivity contribution in [1.82, 2.24) is 25.6 Å². The van der Waals surface area contributed by atoms with Gasteiger partial charge in [0, 0.05) is 5.56 Å². The third-order valence-electron chi connectivity index (χ3n) is 5.62. The van der Waals surface area contributed by atoms with Gasteiger partial charge in [-0.3, -0.25) is 9.80 Å². The Kier molecular flexibility index (Phi) is 4.95. The molecule has 2 atom stereocenters. The second-order valence-corrected chi connectivity index (χ2v) is 8.23. The third kappa shape index (κ3) is 3.68. The number of hydrazine groups is 1. The maximum absolute atomic E-state index is 13.1. The number of nitrogens with one attached hydrogen (secondary N) is 1. The zero-order chi connectivity index (χ0) is 21.5. The fourth-order valence-corrected chi connectivity index (χ4v) is 4.29. The van der Waals surface area contributed by atoms with E-state index in [0.29, 0.717) is 28.7 Å². The molecule has 2 unspecified atom stereocenters. The van der Waals surface area contributed by atoms with Crippen molar-refractivity contribution in [1.29, 1.82) is 0 Å². The van der Waals surface area contributed by atoms with Gasteiger partial charge in [0.25, 0.3) is 5.91 Å². The number of halogens is 1. The van der Waals surface area contributed by atoms with Gasteiger partial charge < -0.3 is 4.52 Å². The van der Waals surface area contributed by atoms with Gasteiger partial charge in [0.2, 0.25) is 11.7 Å². The topological polar surface area (TPSA) is 86.9 Å². The van der Waals surface area contributed by atoms with Gasteiger partial charge in [-0.2, -0.15) is 10.1 Å². The summed E-state index contributed by atoms with van der Waals surface area (Å²) in [7, 11) is 0. The number of carbonyl (C=O) groups excluding carboxylic acids is 1. The number of carbonyl (C=O) groups is 1. The molecule has 1 amide bonds. The molecule has 0 radical (unpaired) electrons. The monoisotopic (exact) mass is 436 g/mol. The zero-order valence-corrected chi connectivity index (χ0v) is 17.9. The molecule has 1 N–H and O–H groups in total. The Morgan fingerprint density at radius 2 is 2.06 bits per heavy atom. The lowest BCUT2D eigenvalue weighted by Gasteiger charge is -2.29. The lowest BCUT2D eigenvalue weighted by Crippen LogP contribution is -2.50. The average molecular weight is 437 g/mol. The first-order chi connectivity index (χ1) is 15.0. The van der Waals surface area contributed by atoms with Gasteiger partial charge >= 0.3 is 0 Å². The molecule has 158 valence electrons. The van der Waals surface area contributed by atoms with Crippen LogP contribution < -0.4 is 5.43 Å². The molecule has 0 spiro atoms. The van der Waals surface area contributed by atoms with Crippen LogP contribution in [0, 0.1) is 13.8 Å². The first-order valence-electron chi connectivity index (χ1n) is 10.0. The molecule has 1 saturated heterocycles.